The highest BCUT2D eigenvalue weighted by molar-refractivity contribution is 9.10. The number of nitrogens with zero attached hydrogens (tertiary/aromatic N) is 3. The number of rotatable bonds is 0. The fourth-order valence-electron chi connectivity index (χ4n) is 0.870. The maximum atomic E-state index is 5.57. The van der Waals surface area contributed by atoms with Gasteiger partial charge in [0.1, 0.15) is 0 Å². The lowest BCUT2D eigenvalue weighted by atomic mass is 10.5. The largest absolute Gasteiger partial charge is 0.394 e. The van der Waals surface area contributed by atoms with Crippen LogP contribution in [0.15, 0.2) is 23.1 Å². The van der Waals surface area contributed by atoms with Crippen molar-refractivity contribution in [2.24, 2.45) is 0 Å². The summed E-state index contributed by atoms with van der Waals surface area (Å²) in [5, 5.41) is 3.98. The summed E-state index contributed by atoms with van der Waals surface area (Å²) in [4.78, 5) is 4.07. The number of fused-ring (bicyclic) bond motifs is 1. The molecule has 0 bridgehead atoms. The number of nitrogens with two attached hydrogens (primary N) is 1. The van der Waals surface area contributed by atoms with E-state index in [0.717, 1.165) is 4.47 Å². The van der Waals surface area contributed by atoms with Gasteiger partial charge in [-0.3, -0.25) is 0 Å². The molecular weight excluding hydrogens is 243 g/mol. The summed E-state index contributed by atoms with van der Waals surface area (Å²) in [5.41, 5.74) is 6.85. The Morgan fingerprint density at radius 3 is 2.92 bits per heavy atom. The summed E-state index contributed by atoms with van der Waals surface area (Å²) in [6.45, 7) is 0. The standard InChI is InChI=1S/C6H5BrN4.ClH/c7-4-1-9-6-5(8)2-10-11(6)3-4;/h1-3H,8H2;1H. The van der Waals surface area contributed by atoms with Gasteiger partial charge in [-0.1, -0.05) is 0 Å². The van der Waals surface area contributed by atoms with Crippen LogP contribution >= 0.6 is 28.3 Å². The molecule has 4 nitrogen and oxygen atoms in total. The van der Waals surface area contributed by atoms with Crippen LogP contribution in [0.4, 0.5) is 5.69 Å². The Morgan fingerprint density at radius 1 is 1.42 bits per heavy atom. The Morgan fingerprint density at radius 2 is 2.17 bits per heavy atom. The van der Waals surface area contributed by atoms with Gasteiger partial charge in [0.15, 0.2) is 5.65 Å². The van der Waals surface area contributed by atoms with Crippen molar-refractivity contribution in [3.8, 4) is 0 Å². The molecule has 0 radical (unpaired) electrons. The van der Waals surface area contributed by atoms with Crippen LogP contribution in [0.25, 0.3) is 5.65 Å². The van der Waals surface area contributed by atoms with Gasteiger partial charge in [-0.15, -0.1) is 12.4 Å². The number of halogens is 2. The molecule has 2 heterocycles. The Kier molecular flexibility index (Phi) is 2.54. The lowest BCUT2D eigenvalue weighted by Crippen LogP contribution is -1.90. The molecule has 0 amide bonds. The van der Waals surface area contributed by atoms with E-state index in [1.54, 1.807) is 23.1 Å². The predicted molar refractivity (Wildman–Crippen MR) is 52.3 cm³/mol. The highest BCUT2D eigenvalue weighted by Gasteiger charge is 1.99. The third kappa shape index (κ3) is 1.37. The van der Waals surface area contributed by atoms with E-state index in [0.29, 0.717) is 11.3 Å². The van der Waals surface area contributed by atoms with E-state index in [2.05, 4.69) is 26.0 Å². The first-order chi connectivity index (χ1) is 5.27. The first-order valence-corrected chi connectivity index (χ1v) is 3.81. The molecule has 0 atom stereocenters. The highest BCUT2D eigenvalue weighted by Crippen LogP contribution is 2.12. The average molecular weight is 249 g/mol. The first kappa shape index (κ1) is 9.28. The Balaban J connectivity index is 0.000000720. The second-order valence-electron chi connectivity index (χ2n) is 2.14. The molecule has 2 aromatic heterocycles. The Bertz CT molecular complexity index is 399. The van der Waals surface area contributed by atoms with Crippen LogP contribution < -0.4 is 5.73 Å². The smallest absolute Gasteiger partial charge is 0.178 e. The SMILES string of the molecule is Cl.Nc1cnn2cc(Br)cnc12. The molecule has 0 unspecified atom stereocenters. The molecule has 64 valence electrons. The van der Waals surface area contributed by atoms with Crippen molar-refractivity contribution >= 4 is 39.7 Å². The van der Waals surface area contributed by atoms with Crippen molar-refractivity contribution in [1.82, 2.24) is 14.6 Å². The summed E-state index contributed by atoms with van der Waals surface area (Å²) in [7, 11) is 0. The number of hydrogen-bond acceptors (Lipinski definition) is 3. The van der Waals surface area contributed by atoms with Crippen LogP contribution in [0.2, 0.25) is 0 Å². The minimum atomic E-state index is 0. The van der Waals surface area contributed by atoms with Crippen molar-refractivity contribution in [3.63, 3.8) is 0 Å². The highest BCUT2D eigenvalue weighted by atomic mass is 79.9. The molecule has 12 heavy (non-hydrogen) atoms. The molecule has 0 aromatic carbocycles. The maximum Gasteiger partial charge on any atom is 0.178 e. The molecule has 0 aliphatic heterocycles. The summed E-state index contributed by atoms with van der Waals surface area (Å²) in [5.74, 6) is 0. The lowest BCUT2D eigenvalue weighted by Gasteiger charge is -1.92. The summed E-state index contributed by atoms with van der Waals surface area (Å²) in [6.07, 6.45) is 5.07. The first-order valence-electron chi connectivity index (χ1n) is 3.02. The number of anilines is 1. The molecule has 2 aromatic rings. The molecule has 2 N–H and O–H groups in total. The van der Waals surface area contributed by atoms with Crippen LogP contribution in [0, 0.1) is 0 Å². The number of nitrogen functional groups attached to an aromatic ring is 1. The van der Waals surface area contributed by atoms with Crippen molar-refractivity contribution in [3.05, 3.63) is 23.1 Å². The molecule has 0 aliphatic carbocycles. The van der Waals surface area contributed by atoms with Gasteiger partial charge >= 0.3 is 0 Å². The molecule has 0 spiro atoms. The maximum absolute atomic E-state index is 5.57. The fourth-order valence-corrected chi connectivity index (χ4v) is 1.17. The zero-order valence-electron chi connectivity index (χ0n) is 5.94. The van der Waals surface area contributed by atoms with Crippen LogP contribution in [-0.4, -0.2) is 14.6 Å². The van der Waals surface area contributed by atoms with Crippen LogP contribution in [0.5, 0.6) is 0 Å². The van der Waals surface area contributed by atoms with Gasteiger partial charge in [0.2, 0.25) is 0 Å². The monoisotopic (exact) mass is 248 g/mol. The molecule has 0 fully saturated rings. The van der Waals surface area contributed by atoms with E-state index in [-0.39, 0.29) is 12.4 Å². The second kappa shape index (κ2) is 3.28. The van der Waals surface area contributed by atoms with E-state index in [1.807, 2.05) is 0 Å². The molecule has 2 rings (SSSR count). The summed E-state index contributed by atoms with van der Waals surface area (Å²) < 4.78 is 2.51. The minimum absolute atomic E-state index is 0. The molecule has 0 aliphatic rings. The molecular formula is C6H6BrClN4. The molecule has 0 saturated carbocycles. The van der Waals surface area contributed by atoms with Gasteiger partial charge in [-0.05, 0) is 15.9 Å². The number of aromatic nitrogens is 3. The van der Waals surface area contributed by atoms with Crippen LogP contribution in [0.3, 0.4) is 0 Å². The zero-order chi connectivity index (χ0) is 7.84. The average Bonchev–Trinajstić information content (AvgIpc) is 2.32. The van der Waals surface area contributed by atoms with Crippen molar-refractivity contribution in [1.29, 1.82) is 0 Å². The summed E-state index contributed by atoms with van der Waals surface area (Å²) >= 11 is 3.28. The minimum Gasteiger partial charge on any atom is -0.394 e. The van der Waals surface area contributed by atoms with Crippen LogP contribution in [0.1, 0.15) is 0 Å². The van der Waals surface area contributed by atoms with E-state index >= 15 is 0 Å². The summed E-state index contributed by atoms with van der Waals surface area (Å²) in [6, 6.07) is 0. The van der Waals surface area contributed by atoms with Crippen molar-refractivity contribution in [2.45, 2.75) is 0 Å². The second-order valence-corrected chi connectivity index (χ2v) is 3.06. The zero-order valence-corrected chi connectivity index (χ0v) is 8.34. The van der Waals surface area contributed by atoms with E-state index in [9.17, 15) is 0 Å². The van der Waals surface area contributed by atoms with E-state index in [1.165, 1.54) is 0 Å². The molecule has 0 saturated heterocycles. The predicted octanol–water partition coefficient (Wildman–Crippen LogP) is 1.50. The van der Waals surface area contributed by atoms with Gasteiger partial charge in [0.25, 0.3) is 0 Å². The number of hydrogen-bond donors (Lipinski definition) is 1. The third-order valence-corrected chi connectivity index (χ3v) is 1.76. The lowest BCUT2D eigenvalue weighted by molar-refractivity contribution is 0.933. The van der Waals surface area contributed by atoms with Crippen molar-refractivity contribution < 1.29 is 0 Å². The van der Waals surface area contributed by atoms with Gasteiger partial charge < -0.3 is 5.73 Å². The normalized spacial score (nSPS) is 9.75. The fraction of sp³-hybridized carbons (Fsp3) is 0. The van der Waals surface area contributed by atoms with Crippen molar-refractivity contribution in [2.75, 3.05) is 5.73 Å². The van der Waals surface area contributed by atoms with Gasteiger partial charge in [0.05, 0.1) is 16.4 Å². The van der Waals surface area contributed by atoms with Crippen LogP contribution in [-0.2, 0) is 0 Å². The topological polar surface area (TPSA) is 56.2 Å². The Labute approximate surface area is 83.3 Å². The third-order valence-electron chi connectivity index (χ3n) is 1.35. The molecule has 6 heteroatoms. The van der Waals surface area contributed by atoms with Gasteiger partial charge in [-0.25, -0.2) is 9.50 Å². The Hall–Kier alpha value is -0.810. The quantitative estimate of drug-likeness (QED) is 0.770. The van der Waals surface area contributed by atoms with E-state index in [4.69, 9.17) is 5.73 Å². The van der Waals surface area contributed by atoms with Gasteiger partial charge in [-0.2, -0.15) is 5.10 Å². The van der Waals surface area contributed by atoms with Gasteiger partial charge in [0, 0.05) is 12.4 Å². The van der Waals surface area contributed by atoms with E-state index < -0.39 is 0 Å².